The summed E-state index contributed by atoms with van der Waals surface area (Å²) in [5, 5.41) is 0. The third kappa shape index (κ3) is 1.71. The van der Waals surface area contributed by atoms with E-state index in [1.807, 2.05) is 61.4 Å². The van der Waals surface area contributed by atoms with Crippen molar-refractivity contribution >= 4 is 16.3 Å². The van der Waals surface area contributed by atoms with Crippen LogP contribution in [0.2, 0.25) is 0 Å². The van der Waals surface area contributed by atoms with Crippen LogP contribution in [-0.4, -0.2) is 19.4 Å². The van der Waals surface area contributed by atoms with Gasteiger partial charge in [0.15, 0.2) is 4.96 Å². The molecular formula is C15H10N4S. The van der Waals surface area contributed by atoms with Crippen LogP contribution in [0.1, 0.15) is 0 Å². The lowest BCUT2D eigenvalue weighted by Gasteiger charge is -2.04. The first kappa shape index (κ1) is 11.3. The molecule has 5 heteroatoms. The standard InChI is InChI=1S/C15H10N4S/c1-5-16-6-2-11(1)13-14(12-3-7-17-8-4-12)20-15-18-9-10-19(13)15/h1-10H. The molecule has 4 aromatic rings. The van der Waals surface area contributed by atoms with Gasteiger partial charge in [0.05, 0.1) is 10.6 Å². The van der Waals surface area contributed by atoms with E-state index < -0.39 is 0 Å². The second-order valence-electron chi connectivity index (χ2n) is 4.33. The molecule has 0 N–H and O–H groups in total. The number of hydrogen-bond acceptors (Lipinski definition) is 4. The second kappa shape index (κ2) is 4.54. The number of rotatable bonds is 2. The molecule has 0 atom stereocenters. The molecule has 4 aromatic heterocycles. The summed E-state index contributed by atoms with van der Waals surface area (Å²) >= 11 is 1.68. The van der Waals surface area contributed by atoms with Crippen molar-refractivity contribution in [1.29, 1.82) is 0 Å². The maximum absolute atomic E-state index is 4.40. The van der Waals surface area contributed by atoms with Gasteiger partial charge in [0.25, 0.3) is 0 Å². The molecular weight excluding hydrogens is 268 g/mol. The van der Waals surface area contributed by atoms with Crippen LogP contribution in [0.15, 0.2) is 61.4 Å². The monoisotopic (exact) mass is 278 g/mol. The lowest BCUT2D eigenvalue weighted by atomic mass is 10.1. The molecule has 0 saturated heterocycles. The Kier molecular flexibility index (Phi) is 2.57. The molecule has 0 unspecified atom stereocenters. The lowest BCUT2D eigenvalue weighted by molar-refractivity contribution is 1.22. The normalized spacial score (nSPS) is 11.0. The van der Waals surface area contributed by atoms with E-state index >= 15 is 0 Å². The van der Waals surface area contributed by atoms with Crippen LogP contribution in [0.5, 0.6) is 0 Å². The number of pyridine rings is 2. The van der Waals surface area contributed by atoms with E-state index in [0.29, 0.717) is 0 Å². The maximum Gasteiger partial charge on any atom is 0.194 e. The van der Waals surface area contributed by atoms with Crippen LogP contribution in [0.3, 0.4) is 0 Å². The van der Waals surface area contributed by atoms with E-state index in [4.69, 9.17) is 0 Å². The van der Waals surface area contributed by atoms with E-state index in [2.05, 4.69) is 19.4 Å². The molecule has 4 heterocycles. The average Bonchev–Trinajstić information content (AvgIpc) is 3.09. The van der Waals surface area contributed by atoms with Crippen molar-refractivity contribution in [3.05, 3.63) is 61.4 Å². The fourth-order valence-corrected chi connectivity index (χ4v) is 3.38. The van der Waals surface area contributed by atoms with E-state index in [0.717, 1.165) is 21.8 Å². The van der Waals surface area contributed by atoms with E-state index in [1.54, 1.807) is 11.3 Å². The summed E-state index contributed by atoms with van der Waals surface area (Å²) in [5.74, 6) is 0. The number of thiazole rings is 1. The number of imidazole rings is 1. The van der Waals surface area contributed by atoms with Crippen molar-refractivity contribution in [2.45, 2.75) is 0 Å². The van der Waals surface area contributed by atoms with E-state index in [-0.39, 0.29) is 0 Å². The Bertz CT molecular complexity index is 849. The highest BCUT2D eigenvalue weighted by atomic mass is 32.1. The zero-order valence-corrected chi connectivity index (χ0v) is 11.3. The highest BCUT2D eigenvalue weighted by Crippen LogP contribution is 2.38. The molecule has 0 bridgehead atoms. The smallest absolute Gasteiger partial charge is 0.194 e. The molecule has 4 rings (SSSR count). The molecule has 0 radical (unpaired) electrons. The summed E-state index contributed by atoms with van der Waals surface area (Å²) in [6.45, 7) is 0. The molecule has 0 aromatic carbocycles. The number of hydrogen-bond donors (Lipinski definition) is 0. The zero-order valence-electron chi connectivity index (χ0n) is 10.5. The summed E-state index contributed by atoms with van der Waals surface area (Å²) < 4.78 is 2.12. The van der Waals surface area contributed by atoms with Crippen molar-refractivity contribution in [3.8, 4) is 21.7 Å². The van der Waals surface area contributed by atoms with Gasteiger partial charge in [-0.1, -0.05) is 11.3 Å². The fourth-order valence-electron chi connectivity index (χ4n) is 2.26. The van der Waals surface area contributed by atoms with Crippen LogP contribution in [0.4, 0.5) is 0 Å². The van der Waals surface area contributed by atoms with Crippen molar-refractivity contribution < 1.29 is 0 Å². The second-order valence-corrected chi connectivity index (χ2v) is 5.31. The Morgan fingerprint density at radius 3 is 2.15 bits per heavy atom. The first-order chi connectivity index (χ1) is 9.93. The topological polar surface area (TPSA) is 43.1 Å². The highest BCUT2D eigenvalue weighted by molar-refractivity contribution is 7.20. The molecule has 4 nitrogen and oxygen atoms in total. The Hall–Kier alpha value is -2.53. The van der Waals surface area contributed by atoms with Crippen molar-refractivity contribution in [3.63, 3.8) is 0 Å². The minimum Gasteiger partial charge on any atom is -0.290 e. The molecule has 0 aliphatic carbocycles. The summed E-state index contributed by atoms with van der Waals surface area (Å²) in [6.07, 6.45) is 11.1. The summed E-state index contributed by atoms with van der Waals surface area (Å²) in [6, 6.07) is 8.09. The fraction of sp³-hybridized carbons (Fsp3) is 0. The van der Waals surface area contributed by atoms with E-state index in [9.17, 15) is 0 Å². The molecule has 0 amide bonds. The number of nitrogens with zero attached hydrogens (tertiary/aromatic N) is 4. The van der Waals surface area contributed by atoms with Crippen LogP contribution in [0, 0.1) is 0 Å². The minimum atomic E-state index is 0.989. The Morgan fingerprint density at radius 1 is 0.800 bits per heavy atom. The lowest BCUT2D eigenvalue weighted by Crippen LogP contribution is -1.87. The molecule has 96 valence electrons. The largest absolute Gasteiger partial charge is 0.290 e. The van der Waals surface area contributed by atoms with Crippen LogP contribution in [0.25, 0.3) is 26.7 Å². The third-order valence-electron chi connectivity index (χ3n) is 3.15. The molecule has 0 spiro atoms. The van der Waals surface area contributed by atoms with Gasteiger partial charge >= 0.3 is 0 Å². The van der Waals surface area contributed by atoms with Gasteiger partial charge in [-0.05, 0) is 29.8 Å². The molecule has 0 aliphatic heterocycles. The van der Waals surface area contributed by atoms with Gasteiger partial charge in [0.1, 0.15) is 0 Å². The van der Waals surface area contributed by atoms with Crippen LogP contribution in [-0.2, 0) is 0 Å². The SMILES string of the molecule is c1cc(-c2sc3nccn3c2-c2ccncc2)ccn1. The summed E-state index contributed by atoms with van der Waals surface area (Å²) in [5.41, 5.74) is 3.44. The average molecular weight is 278 g/mol. The van der Waals surface area contributed by atoms with Crippen LogP contribution < -0.4 is 0 Å². The Morgan fingerprint density at radius 2 is 1.45 bits per heavy atom. The Labute approximate surface area is 119 Å². The Balaban J connectivity index is 2.05. The third-order valence-corrected chi connectivity index (χ3v) is 4.27. The number of aromatic nitrogens is 4. The zero-order chi connectivity index (χ0) is 13.4. The van der Waals surface area contributed by atoms with Crippen molar-refractivity contribution in [1.82, 2.24) is 19.4 Å². The minimum absolute atomic E-state index is 0.989. The quantitative estimate of drug-likeness (QED) is 0.563. The molecule has 0 aliphatic rings. The van der Waals surface area contributed by atoms with Crippen molar-refractivity contribution in [2.75, 3.05) is 0 Å². The summed E-state index contributed by atoms with van der Waals surface area (Å²) in [4.78, 5) is 14.8. The van der Waals surface area contributed by atoms with Gasteiger partial charge in [0.2, 0.25) is 0 Å². The van der Waals surface area contributed by atoms with Gasteiger partial charge in [-0.3, -0.25) is 14.4 Å². The molecule has 0 fully saturated rings. The molecule has 0 saturated carbocycles. The van der Waals surface area contributed by atoms with Gasteiger partial charge in [-0.2, -0.15) is 0 Å². The van der Waals surface area contributed by atoms with Crippen molar-refractivity contribution in [2.24, 2.45) is 0 Å². The van der Waals surface area contributed by atoms with E-state index in [1.165, 1.54) is 4.88 Å². The van der Waals surface area contributed by atoms with Gasteiger partial charge in [0, 0.05) is 42.7 Å². The highest BCUT2D eigenvalue weighted by Gasteiger charge is 2.15. The van der Waals surface area contributed by atoms with Crippen LogP contribution >= 0.6 is 11.3 Å². The van der Waals surface area contributed by atoms with Gasteiger partial charge < -0.3 is 0 Å². The summed E-state index contributed by atoms with van der Waals surface area (Å²) in [7, 11) is 0. The predicted molar refractivity (Wildman–Crippen MR) is 79.5 cm³/mol. The first-order valence-electron chi connectivity index (χ1n) is 6.20. The predicted octanol–water partition coefficient (Wildman–Crippen LogP) is 3.52. The maximum atomic E-state index is 4.40. The molecule has 20 heavy (non-hydrogen) atoms. The number of fused-ring (bicyclic) bond motifs is 1. The van der Waals surface area contributed by atoms with Gasteiger partial charge in [-0.25, -0.2) is 4.98 Å². The first-order valence-corrected chi connectivity index (χ1v) is 7.02. The van der Waals surface area contributed by atoms with Gasteiger partial charge in [-0.15, -0.1) is 0 Å².